The molecular weight excluding hydrogens is 354 g/mol. The number of aryl methyl sites for hydroxylation is 1. The van der Waals surface area contributed by atoms with E-state index in [-0.39, 0.29) is 5.63 Å². The Balaban J connectivity index is 1.63. The summed E-state index contributed by atoms with van der Waals surface area (Å²) in [6.45, 7) is 3.78. The molecule has 3 aromatic rings. The van der Waals surface area contributed by atoms with E-state index in [1.165, 1.54) is 6.07 Å². The second kappa shape index (κ2) is 8.25. The van der Waals surface area contributed by atoms with Crippen molar-refractivity contribution in [3.63, 3.8) is 0 Å². The number of ether oxygens (including phenoxy) is 2. The molecule has 0 bridgehead atoms. The average molecular weight is 375 g/mol. The Morgan fingerprint density at radius 1 is 1.15 bits per heavy atom. The number of nitrogens with two attached hydrogens (primary N) is 1. The molecule has 0 aliphatic carbocycles. The lowest BCUT2D eigenvalue weighted by molar-refractivity contribution is -0.671. The lowest BCUT2D eigenvalue weighted by Gasteiger charge is -2.10. The molecular formula is C20H21ClNO4+. The third kappa shape index (κ3) is 4.18. The first-order chi connectivity index (χ1) is 12.6. The molecule has 1 heterocycles. The van der Waals surface area contributed by atoms with Crippen molar-refractivity contribution in [2.24, 2.45) is 0 Å². The van der Waals surface area contributed by atoms with E-state index in [1.807, 2.05) is 37.3 Å². The Kier molecular flexibility index (Phi) is 5.81. The molecule has 0 spiro atoms. The van der Waals surface area contributed by atoms with Gasteiger partial charge in [-0.2, -0.15) is 0 Å². The number of para-hydroxylation sites is 2. The maximum atomic E-state index is 11.8. The fraction of sp³-hybridized carbons (Fsp3) is 0.250. The molecule has 0 aliphatic rings. The molecule has 0 fully saturated rings. The van der Waals surface area contributed by atoms with Crippen LogP contribution >= 0.6 is 11.6 Å². The van der Waals surface area contributed by atoms with Gasteiger partial charge in [0.2, 0.25) is 0 Å². The Bertz CT molecular complexity index is 968. The minimum absolute atomic E-state index is 0.354. The molecule has 0 atom stereocenters. The fourth-order valence-corrected chi connectivity index (χ4v) is 2.93. The summed E-state index contributed by atoms with van der Waals surface area (Å²) in [7, 11) is 1.62. The van der Waals surface area contributed by atoms with Gasteiger partial charge in [0, 0.05) is 22.0 Å². The lowest BCUT2D eigenvalue weighted by atomic mass is 10.1. The van der Waals surface area contributed by atoms with Crippen LogP contribution in [0.15, 0.2) is 51.7 Å². The number of fused-ring (bicyclic) bond motifs is 1. The Labute approximate surface area is 156 Å². The fourth-order valence-electron chi connectivity index (χ4n) is 2.76. The topological polar surface area (TPSA) is 65.3 Å². The highest BCUT2D eigenvalue weighted by molar-refractivity contribution is 6.32. The Morgan fingerprint density at radius 2 is 1.92 bits per heavy atom. The monoisotopic (exact) mass is 374 g/mol. The van der Waals surface area contributed by atoms with Gasteiger partial charge in [-0.25, -0.2) is 4.79 Å². The molecule has 0 amide bonds. The Hall–Kier alpha value is -2.50. The van der Waals surface area contributed by atoms with Gasteiger partial charge in [-0.1, -0.05) is 23.7 Å². The predicted molar refractivity (Wildman–Crippen MR) is 101 cm³/mol. The first-order valence-corrected chi connectivity index (χ1v) is 8.76. The molecule has 0 aliphatic heterocycles. The highest BCUT2D eigenvalue weighted by Crippen LogP contribution is 2.26. The number of methoxy groups -OCH3 is 1. The summed E-state index contributed by atoms with van der Waals surface area (Å²) in [4.78, 5) is 11.8. The van der Waals surface area contributed by atoms with Crippen LogP contribution in [0.2, 0.25) is 5.02 Å². The summed E-state index contributed by atoms with van der Waals surface area (Å²) < 4.78 is 16.3. The Morgan fingerprint density at radius 3 is 2.69 bits per heavy atom. The number of hydrogen-bond donors (Lipinski definition) is 1. The molecule has 2 N–H and O–H groups in total. The van der Waals surface area contributed by atoms with Gasteiger partial charge in [0.15, 0.2) is 11.5 Å². The van der Waals surface area contributed by atoms with E-state index in [9.17, 15) is 4.79 Å². The van der Waals surface area contributed by atoms with Crippen LogP contribution in [0, 0.1) is 6.92 Å². The quantitative estimate of drug-likeness (QED) is 0.510. The van der Waals surface area contributed by atoms with Crippen LogP contribution in [-0.4, -0.2) is 20.3 Å². The SMILES string of the molecule is COc1ccccc1OCC[NH2+]Cc1cc(=O)oc2cc(C)c(Cl)cc12. The zero-order valence-corrected chi connectivity index (χ0v) is 15.5. The summed E-state index contributed by atoms with van der Waals surface area (Å²) >= 11 is 6.22. The van der Waals surface area contributed by atoms with Crippen molar-refractivity contribution in [1.82, 2.24) is 0 Å². The highest BCUT2D eigenvalue weighted by Gasteiger charge is 2.10. The van der Waals surface area contributed by atoms with Crippen LogP contribution in [0.5, 0.6) is 11.5 Å². The van der Waals surface area contributed by atoms with Crippen molar-refractivity contribution < 1.29 is 19.2 Å². The second-order valence-electron chi connectivity index (χ2n) is 5.97. The van der Waals surface area contributed by atoms with E-state index in [1.54, 1.807) is 13.2 Å². The molecule has 0 unspecified atom stereocenters. The predicted octanol–water partition coefficient (Wildman–Crippen LogP) is 2.91. The van der Waals surface area contributed by atoms with E-state index in [0.29, 0.717) is 29.5 Å². The molecule has 5 nitrogen and oxygen atoms in total. The zero-order valence-electron chi connectivity index (χ0n) is 14.8. The van der Waals surface area contributed by atoms with E-state index in [2.05, 4.69) is 5.32 Å². The van der Waals surface area contributed by atoms with Crippen molar-refractivity contribution in [2.45, 2.75) is 13.5 Å². The van der Waals surface area contributed by atoms with Gasteiger partial charge < -0.3 is 19.2 Å². The third-order valence-electron chi connectivity index (χ3n) is 4.12. The van der Waals surface area contributed by atoms with Crippen LogP contribution in [-0.2, 0) is 6.54 Å². The number of rotatable bonds is 7. The number of halogens is 1. The van der Waals surface area contributed by atoms with Crippen LogP contribution < -0.4 is 20.4 Å². The summed E-state index contributed by atoms with van der Waals surface area (Å²) in [5, 5.41) is 3.60. The van der Waals surface area contributed by atoms with E-state index >= 15 is 0 Å². The van der Waals surface area contributed by atoms with Crippen LogP contribution in [0.3, 0.4) is 0 Å². The van der Waals surface area contributed by atoms with Crippen molar-refractivity contribution in [1.29, 1.82) is 0 Å². The minimum atomic E-state index is -0.354. The van der Waals surface area contributed by atoms with Gasteiger partial charge in [0.25, 0.3) is 0 Å². The maximum absolute atomic E-state index is 11.8. The molecule has 3 rings (SSSR count). The zero-order chi connectivity index (χ0) is 18.5. The van der Waals surface area contributed by atoms with Crippen molar-refractivity contribution in [2.75, 3.05) is 20.3 Å². The van der Waals surface area contributed by atoms with Gasteiger partial charge >= 0.3 is 5.63 Å². The van der Waals surface area contributed by atoms with Gasteiger partial charge in [-0.05, 0) is 36.8 Å². The molecule has 2 aromatic carbocycles. The number of hydrogen-bond acceptors (Lipinski definition) is 4. The van der Waals surface area contributed by atoms with E-state index in [0.717, 1.165) is 28.8 Å². The second-order valence-corrected chi connectivity index (χ2v) is 6.38. The maximum Gasteiger partial charge on any atom is 0.336 e. The smallest absolute Gasteiger partial charge is 0.336 e. The van der Waals surface area contributed by atoms with Crippen molar-refractivity contribution in [3.8, 4) is 11.5 Å². The number of benzene rings is 2. The third-order valence-corrected chi connectivity index (χ3v) is 4.53. The molecule has 1 aromatic heterocycles. The van der Waals surface area contributed by atoms with E-state index in [4.69, 9.17) is 25.5 Å². The van der Waals surface area contributed by atoms with Gasteiger partial charge in [0.05, 0.1) is 7.11 Å². The van der Waals surface area contributed by atoms with Crippen LogP contribution in [0.1, 0.15) is 11.1 Å². The normalized spacial score (nSPS) is 10.9. The molecule has 0 saturated heterocycles. The summed E-state index contributed by atoms with van der Waals surface area (Å²) in [5.74, 6) is 1.43. The first-order valence-electron chi connectivity index (χ1n) is 8.39. The van der Waals surface area contributed by atoms with Crippen molar-refractivity contribution in [3.05, 3.63) is 69.0 Å². The lowest BCUT2D eigenvalue weighted by Crippen LogP contribution is -2.83. The minimum Gasteiger partial charge on any atom is -0.493 e. The molecule has 6 heteroatoms. The van der Waals surface area contributed by atoms with Gasteiger partial charge in [-0.3, -0.25) is 0 Å². The largest absolute Gasteiger partial charge is 0.493 e. The summed E-state index contributed by atoms with van der Waals surface area (Å²) in [5.41, 5.74) is 1.99. The molecule has 136 valence electrons. The average Bonchev–Trinajstić information content (AvgIpc) is 2.63. The highest BCUT2D eigenvalue weighted by atomic mass is 35.5. The van der Waals surface area contributed by atoms with Gasteiger partial charge in [0.1, 0.15) is 25.3 Å². The van der Waals surface area contributed by atoms with E-state index < -0.39 is 0 Å². The molecule has 26 heavy (non-hydrogen) atoms. The first kappa shape index (κ1) is 18.3. The molecule has 0 radical (unpaired) electrons. The summed E-state index contributed by atoms with van der Waals surface area (Å²) in [6, 6.07) is 12.7. The standard InChI is InChI=1S/C20H20ClNO4/c1-13-9-19-15(11-16(13)21)14(10-20(23)26-19)12-22-7-8-25-18-6-4-3-5-17(18)24-2/h3-6,9-11,22H,7-8,12H2,1-2H3/p+1. The summed E-state index contributed by atoms with van der Waals surface area (Å²) in [6.07, 6.45) is 0. The van der Waals surface area contributed by atoms with Crippen molar-refractivity contribution >= 4 is 22.6 Å². The molecule has 0 saturated carbocycles. The van der Waals surface area contributed by atoms with Gasteiger partial charge in [-0.15, -0.1) is 0 Å². The van der Waals surface area contributed by atoms with Crippen LogP contribution in [0.4, 0.5) is 0 Å². The number of quaternary nitrogens is 1. The van der Waals surface area contributed by atoms with Crippen LogP contribution in [0.25, 0.3) is 11.0 Å².